The molecule has 0 spiro atoms. The molecule has 1 radical (unpaired) electrons. The lowest BCUT2D eigenvalue weighted by Gasteiger charge is -2.01. The third-order valence-electron chi connectivity index (χ3n) is 3.67. The molecule has 0 bridgehead atoms. The molecule has 0 saturated heterocycles. The van der Waals surface area contributed by atoms with E-state index in [-0.39, 0.29) is 0 Å². The van der Waals surface area contributed by atoms with Gasteiger partial charge in [-0.2, -0.15) is 0 Å². The largest absolute Gasteiger partial charge is 0.0845 e. The lowest BCUT2D eigenvalue weighted by molar-refractivity contribution is 0.550. The summed E-state index contributed by atoms with van der Waals surface area (Å²) < 4.78 is 0. The molecule has 0 amide bonds. The topological polar surface area (TPSA) is 0 Å². The van der Waals surface area contributed by atoms with Crippen molar-refractivity contribution in [2.45, 2.75) is 84.0 Å². The van der Waals surface area contributed by atoms with Crippen LogP contribution in [0, 0.1) is 6.58 Å². The highest BCUT2D eigenvalue weighted by atomic mass is 14.0. The van der Waals surface area contributed by atoms with E-state index in [1.165, 1.54) is 77.0 Å². The van der Waals surface area contributed by atoms with Crippen LogP contribution in [0.15, 0.2) is 42.5 Å². The van der Waals surface area contributed by atoms with Crippen molar-refractivity contribution in [3.8, 4) is 0 Å². The minimum Gasteiger partial charge on any atom is -0.0845 e. The van der Waals surface area contributed by atoms with Crippen LogP contribution in [0.4, 0.5) is 0 Å². The molecular weight excluding hydrogens is 252 g/mol. The quantitative estimate of drug-likeness (QED) is 0.218. The van der Waals surface area contributed by atoms with Crippen molar-refractivity contribution in [2.24, 2.45) is 0 Å². The van der Waals surface area contributed by atoms with Crippen molar-refractivity contribution in [3.63, 3.8) is 0 Å². The Morgan fingerprint density at radius 2 is 1.05 bits per heavy atom. The molecule has 0 unspecified atom stereocenters. The van der Waals surface area contributed by atoms with Crippen LogP contribution in [-0.4, -0.2) is 0 Å². The first-order valence-electron chi connectivity index (χ1n) is 8.95. The van der Waals surface area contributed by atoms with Gasteiger partial charge in [0.15, 0.2) is 0 Å². The third-order valence-corrected chi connectivity index (χ3v) is 3.67. The van der Waals surface area contributed by atoms with Gasteiger partial charge in [-0.1, -0.05) is 120 Å². The summed E-state index contributed by atoms with van der Waals surface area (Å²) in [6.45, 7) is 7.51. The predicted molar refractivity (Wildman–Crippen MR) is 97.4 cm³/mol. The van der Waals surface area contributed by atoms with Crippen LogP contribution in [0.1, 0.15) is 84.0 Å². The Hall–Kier alpha value is -1.04. The van der Waals surface area contributed by atoms with Crippen LogP contribution in [0.3, 0.4) is 0 Å². The van der Waals surface area contributed by atoms with Crippen molar-refractivity contribution in [2.75, 3.05) is 0 Å². The average Bonchev–Trinajstić information content (AvgIpc) is 2.50. The fraction of sp³-hybridized carbons (Fsp3) is 0.619. The lowest BCUT2D eigenvalue weighted by Crippen LogP contribution is -1.81. The highest BCUT2D eigenvalue weighted by Crippen LogP contribution is 2.11. The molecule has 0 aliphatic carbocycles. The third kappa shape index (κ3) is 19.0. The van der Waals surface area contributed by atoms with Crippen LogP contribution < -0.4 is 0 Å². The summed E-state index contributed by atoms with van der Waals surface area (Å²) in [6, 6.07) is 0. The Morgan fingerprint density at radius 3 is 1.62 bits per heavy atom. The van der Waals surface area contributed by atoms with Crippen LogP contribution in [0.2, 0.25) is 0 Å². The first kappa shape index (κ1) is 20.0. The number of hydrogen-bond donors (Lipinski definition) is 0. The zero-order chi connectivity index (χ0) is 15.4. The molecule has 0 saturated carbocycles. The minimum absolute atomic E-state index is 1.20. The van der Waals surface area contributed by atoms with E-state index in [4.69, 9.17) is 6.58 Å². The Morgan fingerprint density at radius 1 is 0.571 bits per heavy atom. The monoisotopic (exact) mass is 287 g/mol. The van der Waals surface area contributed by atoms with E-state index in [1.807, 2.05) is 18.2 Å². The SMILES string of the molecule is [CH]=CC=CC=CC=CCCCCCCCCCCCCC. The van der Waals surface area contributed by atoms with E-state index in [2.05, 4.69) is 25.2 Å². The van der Waals surface area contributed by atoms with Gasteiger partial charge in [-0.3, -0.25) is 0 Å². The van der Waals surface area contributed by atoms with E-state index < -0.39 is 0 Å². The van der Waals surface area contributed by atoms with Gasteiger partial charge in [0, 0.05) is 0 Å². The van der Waals surface area contributed by atoms with Crippen LogP contribution in [0.5, 0.6) is 0 Å². The predicted octanol–water partition coefficient (Wildman–Crippen LogP) is 7.35. The molecule has 0 aliphatic rings. The van der Waals surface area contributed by atoms with Crippen molar-refractivity contribution in [3.05, 3.63) is 49.1 Å². The zero-order valence-corrected chi connectivity index (χ0v) is 14.1. The van der Waals surface area contributed by atoms with Crippen LogP contribution in [0.25, 0.3) is 0 Å². The number of rotatable bonds is 15. The molecule has 21 heavy (non-hydrogen) atoms. The first-order chi connectivity index (χ1) is 10.4. The Kier molecular flexibility index (Phi) is 18.0. The summed E-state index contributed by atoms with van der Waals surface area (Å²) in [5.74, 6) is 0. The Bertz CT molecular complexity index is 280. The van der Waals surface area contributed by atoms with Gasteiger partial charge in [0.25, 0.3) is 0 Å². The average molecular weight is 288 g/mol. The van der Waals surface area contributed by atoms with E-state index in [9.17, 15) is 0 Å². The molecule has 0 aromatic carbocycles. The van der Waals surface area contributed by atoms with E-state index in [0.29, 0.717) is 0 Å². The van der Waals surface area contributed by atoms with Crippen LogP contribution >= 0.6 is 0 Å². The van der Waals surface area contributed by atoms with Gasteiger partial charge in [0.1, 0.15) is 0 Å². The van der Waals surface area contributed by atoms with Gasteiger partial charge in [0.2, 0.25) is 0 Å². The number of hydrogen-bond acceptors (Lipinski definition) is 0. The molecule has 0 heteroatoms. The second-order valence-electron chi connectivity index (χ2n) is 5.71. The molecule has 0 aromatic heterocycles. The second-order valence-corrected chi connectivity index (χ2v) is 5.71. The van der Waals surface area contributed by atoms with Crippen molar-refractivity contribution >= 4 is 0 Å². The van der Waals surface area contributed by atoms with E-state index in [0.717, 1.165) is 0 Å². The maximum atomic E-state index is 5.23. The summed E-state index contributed by atoms with van der Waals surface area (Å²) in [5, 5.41) is 0. The molecule has 0 aliphatic heterocycles. The van der Waals surface area contributed by atoms with Crippen molar-refractivity contribution in [1.29, 1.82) is 0 Å². The van der Waals surface area contributed by atoms with Gasteiger partial charge < -0.3 is 0 Å². The van der Waals surface area contributed by atoms with Crippen molar-refractivity contribution < 1.29 is 0 Å². The molecule has 0 N–H and O–H groups in total. The van der Waals surface area contributed by atoms with Crippen molar-refractivity contribution in [1.82, 2.24) is 0 Å². The smallest absolute Gasteiger partial charge is 0.0348 e. The Labute approximate surface area is 133 Å². The van der Waals surface area contributed by atoms with Gasteiger partial charge in [-0.05, 0) is 12.8 Å². The summed E-state index contributed by atoms with van der Waals surface area (Å²) in [4.78, 5) is 0. The fourth-order valence-corrected chi connectivity index (χ4v) is 2.36. The normalized spacial score (nSPS) is 12.0. The molecule has 0 nitrogen and oxygen atoms in total. The van der Waals surface area contributed by atoms with E-state index in [1.54, 1.807) is 6.08 Å². The molecule has 0 fully saturated rings. The Balaban J connectivity index is 3.15. The molecule has 0 atom stereocenters. The minimum atomic E-state index is 1.20. The fourth-order valence-electron chi connectivity index (χ4n) is 2.36. The highest BCUT2D eigenvalue weighted by molar-refractivity contribution is 5.13. The van der Waals surface area contributed by atoms with Gasteiger partial charge in [-0.15, -0.1) is 0 Å². The standard InChI is InChI=1S/C21H35/c1-3-5-7-9-11-13-15-17-19-21-20-18-16-14-12-10-8-6-4-2/h1,3,5,7,9,11,13,15H,4,6,8,10,12,14,16-21H2,2H3. The maximum absolute atomic E-state index is 5.23. The first-order valence-corrected chi connectivity index (χ1v) is 8.95. The number of unbranched alkanes of at least 4 members (excludes halogenated alkanes) is 11. The van der Waals surface area contributed by atoms with Gasteiger partial charge in [0.05, 0.1) is 0 Å². The summed E-state index contributed by atoms with van der Waals surface area (Å²) in [7, 11) is 0. The second kappa shape index (κ2) is 19.0. The summed E-state index contributed by atoms with van der Waals surface area (Å²) >= 11 is 0. The zero-order valence-electron chi connectivity index (χ0n) is 14.1. The van der Waals surface area contributed by atoms with Gasteiger partial charge in [-0.25, -0.2) is 0 Å². The van der Waals surface area contributed by atoms with Gasteiger partial charge >= 0.3 is 0 Å². The molecule has 119 valence electrons. The lowest BCUT2D eigenvalue weighted by atomic mass is 10.1. The molecule has 0 rings (SSSR count). The maximum Gasteiger partial charge on any atom is -0.0348 e. The van der Waals surface area contributed by atoms with E-state index >= 15 is 0 Å². The summed E-state index contributed by atoms with van der Waals surface area (Å²) in [5.41, 5.74) is 0. The molecule has 0 aromatic rings. The molecule has 0 heterocycles. The number of allylic oxidation sites excluding steroid dienone is 7. The highest BCUT2D eigenvalue weighted by Gasteiger charge is 1.92. The molecular formula is C21H35. The van der Waals surface area contributed by atoms with Crippen LogP contribution in [-0.2, 0) is 0 Å². The summed E-state index contributed by atoms with van der Waals surface area (Å²) in [6.07, 6.45) is 30.5.